The monoisotopic (exact) mass is 301 g/mol. The number of fused-ring (bicyclic) bond motifs is 1. The smallest absolute Gasteiger partial charge is 0.130 e. The normalized spacial score (nSPS) is 10.0. The van der Waals surface area contributed by atoms with Crippen molar-refractivity contribution in [2.45, 2.75) is 6.54 Å². The number of halogens is 1. The Hall–Kier alpha value is -3.37. The molecule has 3 nitrogen and oxygen atoms in total. The van der Waals surface area contributed by atoms with Crippen molar-refractivity contribution >= 4 is 17.0 Å². The predicted molar refractivity (Wildman–Crippen MR) is 86.6 cm³/mol. The molecule has 0 aliphatic heterocycles. The number of allylic oxidation sites excluding steroid dienone is 1. The predicted octanol–water partition coefficient (Wildman–Crippen LogP) is 4.26. The van der Waals surface area contributed by atoms with E-state index < -0.39 is 0 Å². The molecule has 23 heavy (non-hydrogen) atoms. The van der Waals surface area contributed by atoms with Crippen LogP contribution in [0.4, 0.5) is 4.39 Å². The third kappa shape index (κ3) is 2.97. The molecule has 0 radical (unpaired) electrons. The molecule has 0 fully saturated rings. The molecule has 3 aromatic rings. The number of rotatable bonds is 3. The Labute approximate surface area is 133 Å². The summed E-state index contributed by atoms with van der Waals surface area (Å²) in [7, 11) is 0. The Bertz CT molecular complexity index is 968. The standard InChI is InChI=1S/C19H12FN3/c20-18-4-2-1-3-17(18)13-23-8-7-16-6-5-14(10-19(16)23)9-15(11-21)12-22/h1-10H,13H2. The lowest BCUT2D eigenvalue weighted by Crippen LogP contribution is -2.00. The van der Waals surface area contributed by atoms with Crippen LogP contribution in [0.2, 0.25) is 0 Å². The Morgan fingerprint density at radius 1 is 1.09 bits per heavy atom. The van der Waals surface area contributed by atoms with Gasteiger partial charge in [0.25, 0.3) is 0 Å². The molecule has 4 heteroatoms. The third-order valence-electron chi connectivity index (χ3n) is 3.65. The maximum Gasteiger partial charge on any atom is 0.130 e. The second-order valence-electron chi connectivity index (χ2n) is 5.13. The largest absolute Gasteiger partial charge is 0.343 e. The number of nitrogens with zero attached hydrogens (tertiary/aromatic N) is 3. The van der Waals surface area contributed by atoms with Crippen LogP contribution in [0.5, 0.6) is 0 Å². The fraction of sp³-hybridized carbons (Fsp3) is 0.0526. The zero-order valence-corrected chi connectivity index (χ0v) is 12.2. The summed E-state index contributed by atoms with van der Waals surface area (Å²) in [5.41, 5.74) is 2.36. The van der Waals surface area contributed by atoms with E-state index in [2.05, 4.69) is 0 Å². The summed E-state index contributed by atoms with van der Waals surface area (Å²) < 4.78 is 15.8. The van der Waals surface area contributed by atoms with Crippen LogP contribution >= 0.6 is 0 Å². The SMILES string of the molecule is N#CC(C#N)=Cc1ccc2ccn(Cc3ccccc3F)c2c1. The van der Waals surface area contributed by atoms with Crippen LogP contribution in [0.15, 0.2) is 60.3 Å². The van der Waals surface area contributed by atoms with Gasteiger partial charge >= 0.3 is 0 Å². The second kappa shape index (κ2) is 6.17. The van der Waals surface area contributed by atoms with Crippen LogP contribution in [0.25, 0.3) is 17.0 Å². The highest BCUT2D eigenvalue weighted by atomic mass is 19.1. The van der Waals surface area contributed by atoms with E-state index in [9.17, 15) is 4.39 Å². The van der Waals surface area contributed by atoms with Gasteiger partial charge in [-0.15, -0.1) is 0 Å². The first-order chi connectivity index (χ1) is 11.2. The highest BCUT2D eigenvalue weighted by Crippen LogP contribution is 2.21. The van der Waals surface area contributed by atoms with Gasteiger partial charge < -0.3 is 4.57 Å². The minimum Gasteiger partial charge on any atom is -0.343 e. The van der Waals surface area contributed by atoms with E-state index in [1.54, 1.807) is 18.2 Å². The van der Waals surface area contributed by atoms with E-state index in [-0.39, 0.29) is 11.4 Å². The summed E-state index contributed by atoms with van der Waals surface area (Å²) in [4.78, 5) is 0. The molecule has 1 heterocycles. The average molecular weight is 301 g/mol. The molecule has 0 unspecified atom stereocenters. The van der Waals surface area contributed by atoms with Gasteiger partial charge in [0.05, 0.1) is 6.54 Å². The lowest BCUT2D eigenvalue weighted by atomic mass is 10.1. The van der Waals surface area contributed by atoms with E-state index in [1.165, 1.54) is 6.07 Å². The van der Waals surface area contributed by atoms with Gasteiger partial charge in [-0.05, 0) is 35.2 Å². The van der Waals surface area contributed by atoms with Crippen LogP contribution in [0, 0.1) is 28.5 Å². The summed E-state index contributed by atoms with van der Waals surface area (Å²) in [5, 5.41) is 18.7. The quantitative estimate of drug-likeness (QED) is 0.679. The van der Waals surface area contributed by atoms with Crippen LogP contribution in [-0.4, -0.2) is 4.57 Å². The number of hydrogen-bond acceptors (Lipinski definition) is 2. The van der Waals surface area contributed by atoms with Crippen molar-refractivity contribution < 1.29 is 4.39 Å². The molecule has 0 aliphatic rings. The minimum atomic E-state index is -0.235. The fourth-order valence-electron chi connectivity index (χ4n) is 2.49. The average Bonchev–Trinajstić information content (AvgIpc) is 2.97. The molecule has 110 valence electrons. The maximum atomic E-state index is 13.8. The van der Waals surface area contributed by atoms with Crippen molar-refractivity contribution in [3.8, 4) is 12.1 Å². The fourth-order valence-corrected chi connectivity index (χ4v) is 2.49. The number of aromatic nitrogens is 1. The van der Waals surface area contributed by atoms with Gasteiger partial charge in [-0.25, -0.2) is 4.39 Å². The third-order valence-corrected chi connectivity index (χ3v) is 3.65. The zero-order valence-electron chi connectivity index (χ0n) is 12.2. The molecule has 0 aliphatic carbocycles. The highest BCUT2D eigenvalue weighted by Gasteiger charge is 2.06. The first kappa shape index (κ1) is 14.6. The van der Waals surface area contributed by atoms with Crippen LogP contribution in [0.3, 0.4) is 0 Å². The van der Waals surface area contributed by atoms with Gasteiger partial charge in [0.15, 0.2) is 0 Å². The van der Waals surface area contributed by atoms with Crippen LogP contribution in [-0.2, 0) is 6.54 Å². The molecule has 0 atom stereocenters. The van der Waals surface area contributed by atoms with Crippen molar-refractivity contribution in [2.75, 3.05) is 0 Å². The van der Waals surface area contributed by atoms with Gasteiger partial charge in [-0.1, -0.05) is 30.3 Å². The van der Waals surface area contributed by atoms with E-state index >= 15 is 0 Å². The molecule has 0 saturated carbocycles. The van der Waals surface area contributed by atoms with Crippen molar-refractivity contribution in [3.63, 3.8) is 0 Å². The summed E-state index contributed by atoms with van der Waals surface area (Å²) in [6.07, 6.45) is 3.44. The minimum absolute atomic E-state index is 0.0524. The molecular formula is C19H12FN3. The lowest BCUT2D eigenvalue weighted by Gasteiger charge is -2.07. The molecule has 1 aromatic heterocycles. The maximum absolute atomic E-state index is 13.8. The first-order valence-corrected chi connectivity index (χ1v) is 7.05. The van der Waals surface area contributed by atoms with Gasteiger partial charge in [-0.3, -0.25) is 0 Å². The molecule has 2 aromatic carbocycles. The van der Waals surface area contributed by atoms with E-state index in [1.807, 2.05) is 53.2 Å². The van der Waals surface area contributed by atoms with Crippen molar-refractivity contribution in [3.05, 3.63) is 77.2 Å². The highest BCUT2D eigenvalue weighted by molar-refractivity contribution is 5.83. The molecule has 0 amide bonds. The van der Waals surface area contributed by atoms with Crippen molar-refractivity contribution in [1.29, 1.82) is 10.5 Å². The van der Waals surface area contributed by atoms with Gasteiger partial charge in [-0.2, -0.15) is 10.5 Å². The van der Waals surface area contributed by atoms with E-state index in [4.69, 9.17) is 10.5 Å². The summed E-state index contributed by atoms with van der Waals surface area (Å²) in [5.74, 6) is -0.235. The van der Waals surface area contributed by atoms with Crippen LogP contribution < -0.4 is 0 Å². The Balaban J connectivity index is 2.03. The van der Waals surface area contributed by atoms with Crippen LogP contribution in [0.1, 0.15) is 11.1 Å². The first-order valence-electron chi connectivity index (χ1n) is 7.05. The Kier molecular flexibility index (Phi) is 3.91. The molecular weight excluding hydrogens is 289 g/mol. The number of benzene rings is 2. The van der Waals surface area contributed by atoms with Crippen molar-refractivity contribution in [1.82, 2.24) is 4.57 Å². The topological polar surface area (TPSA) is 52.5 Å². The zero-order chi connectivity index (χ0) is 16.2. The second-order valence-corrected chi connectivity index (χ2v) is 5.13. The molecule has 3 rings (SSSR count). The van der Waals surface area contributed by atoms with E-state index in [0.717, 1.165) is 16.5 Å². The van der Waals surface area contributed by atoms with Gasteiger partial charge in [0.2, 0.25) is 0 Å². The molecule has 0 N–H and O–H groups in total. The molecule has 0 spiro atoms. The summed E-state index contributed by atoms with van der Waals surface area (Å²) in [6.45, 7) is 0.423. The van der Waals surface area contributed by atoms with Crippen molar-refractivity contribution in [2.24, 2.45) is 0 Å². The number of nitriles is 2. The van der Waals surface area contributed by atoms with E-state index in [0.29, 0.717) is 12.1 Å². The molecule has 0 bridgehead atoms. The van der Waals surface area contributed by atoms with Gasteiger partial charge in [0, 0.05) is 17.3 Å². The Morgan fingerprint density at radius 2 is 1.87 bits per heavy atom. The summed E-state index contributed by atoms with van der Waals surface area (Å²) in [6, 6.07) is 18.0. The molecule has 0 saturated heterocycles. The van der Waals surface area contributed by atoms with Gasteiger partial charge in [0.1, 0.15) is 23.5 Å². The summed E-state index contributed by atoms with van der Waals surface area (Å²) >= 11 is 0. The lowest BCUT2D eigenvalue weighted by molar-refractivity contribution is 0.602. The Morgan fingerprint density at radius 3 is 2.61 bits per heavy atom. The number of hydrogen-bond donors (Lipinski definition) is 0.